The third-order valence-corrected chi connectivity index (χ3v) is 4.04. The van der Waals surface area contributed by atoms with Crippen molar-refractivity contribution in [3.05, 3.63) is 41.7 Å². The maximum atomic E-state index is 5.72. The Labute approximate surface area is 161 Å². The van der Waals surface area contributed by atoms with E-state index in [2.05, 4.69) is 27.6 Å². The molecule has 1 heterocycles. The summed E-state index contributed by atoms with van der Waals surface area (Å²) >= 11 is 0. The molecule has 0 aliphatic heterocycles. The number of hydrogen-bond acceptors (Lipinski definition) is 4. The minimum atomic E-state index is 0.0676. The molecule has 0 amide bonds. The number of benzene rings is 1. The highest BCUT2D eigenvalue weighted by atomic mass is 16.5. The van der Waals surface area contributed by atoms with Crippen molar-refractivity contribution in [1.29, 1.82) is 0 Å². The van der Waals surface area contributed by atoms with Gasteiger partial charge in [-0.2, -0.15) is 5.10 Å². The van der Waals surface area contributed by atoms with Crippen LogP contribution in [-0.4, -0.2) is 42.5 Å². The molecule has 0 spiro atoms. The zero-order valence-electron chi connectivity index (χ0n) is 17.0. The zero-order chi connectivity index (χ0) is 19.6. The molecule has 7 nitrogen and oxygen atoms in total. The molecule has 1 aromatic carbocycles. The summed E-state index contributed by atoms with van der Waals surface area (Å²) in [6, 6.07) is 6.09. The van der Waals surface area contributed by atoms with Crippen LogP contribution in [0.1, 0.15) is 37.9 Å². The fraction of sp³-hybridized carbons (Fsp3) is 0.500. The van der Waals surface area contributed by atoms with Gasteiger partial charge in [0.25, 0.3) is 0 Å². The van der Waals surface area contributed by atoms with Crippen LogP contribution in [0.5, 0.6) is 11.5 Å². The van der Waals surface area contributed by atoms with Gasteiger partial charge in [0.1, 0.15) is 0 Å². The van der Waals surface area contributed by atoms with Crippen molar-refractivity contribution in [2.45, 2.75) is 40.3 Å². The van der Waals surface area contributed by atoms with E-state index in [1.807, 2.05) is 56.0 Å². The van der Waals surface area contributed by atoms with E-state index in [4.69, 9.17) is 9.47 Å². The van der Waals surface area contributed by atoms with E-state index in [9.17, 15) is 0 Å². The lowest BCUT2D eigenvalue weighted by atomic mass is 10.1. The number of nitrogens with one attached hydrogen (secondary N) is 2. The highest BCUT2D eigenvalue weighted by Gasteiger charge is 2.12. The molecule has 2 aromatic rings. The van der Waals surface area contributed by atoms with E-state index in [0.29, 0.717) is 13.2 Å². The van der Waals surface area contributed by atoms with E-state index in [1.54, 1.807) is 7.05 Å². The van der Waals surface area contributed by atoms with E-state index in [-0.39, 0.29) is 6.04 Å². The van der Waals surface area contributed by atoms with Crippen molar-refractivity contribution in [2.75, 3.05) is 26.8 Å². The predicted octanol–water partition coefficient (Wildman–Crippen LogP) is 2.92. The summed E-state index contributed by atoms with van der Waals surface area (Å²) in [7, 11) is 1.77. The van der Waals surface area contributed by atoms with Gasteiger partial charge < -0.3 is 20.1 Å². The largest absolute Gasteiger partial charge is 0.490 e. The Hall–Kier alpha value is -2.70. The van der Waals surface area contributed by atoms with E-state index in [0.717, 1.165) is 41.7 Å². The van der Waals surface area contributed by atoms with Crippen LogP contribution in [0, 0.1) is 6.92 Å². The first-order valence-corrected chi connectivity index (χ1v) is 9.43. The summed E-state index contributed by atoms with van der Waals surface area (Å²) in [5.74, 6) is 2.29. The molecule has 0 saturated heterocycles. The van der Waals surface area contributed by atoms with Gasteiger partial charge in [-0.15, -0.1) is 0 Å². The highest BCUT2D eigenvalue weighted by Crippen LogP contribution is 2.30. The number of rotatable bonds is 9. The molecule has 0 bridgehead atoms. The first-order chi connectivity index (χ1) is 13.1. The second kappa shape index (κ2) is 10.4. The van der Waals surface area contributed by atoms with E-state index < -0.39 is 0 Å². The third-order valence-electron chi connectivity index (χ3n) is 4.04. The Morgan fingerprint density at radius 1 is 1.22 bits per heavy atom. The molecule has 2 N–H and O–H groups in total. The predicted molar refractivity (Wildman–Crippen MR) is 109 cm³/mol. The average Bonchev–Trinajstić information content (AvgIpc) is 3.07. The number of aliphatic imine (C=N–C) groups is 1. The zero-order valence-corrected chi connectivity index (χ0v) is 17.0. The first kappa shape index (κ1) is 20.6. The molecule has 1 atom stereocenters. The lowest BCUT2D eigenvalue weighted by Gasteiger charge is -2.20. The molecule has 27 heavy (non-hydrogen) atoms. The Kier molecular flexibility index (Phi) is 7.98. The Morgan fingerprint density at radius 3 is 2.59 bits per heavy atom. The second-order valence-electron chi connectivity index (χ2n) is 6.22. The topological polar surface area (TPSA) is 72.7 Å². The van der Waals surface area contributed by atoms with Crippen LogP contribution < -0.4 is 20.1 Å². The van der Waals surface area contributed by atoms with Gasteiger partial charge in [0.15, 0.2) is 17.5 Å². The molecule has 7 heteroatoms. The number of nitrogens with zero attached hydrogens (tertiary/aromatic N) is 3. The first-order valence-electron chi connectivity index (χ1n) is 9.43. The highest BCUT2D eigenvalue weighted by molar-refractivity contribution is 5.80. The Bertz CT molecular complexity index is 742. The Balaban J connectivity index is 1.94. The molecule has 0 aliphatic rings. The molecule has 1 unspecified atom stereocenters. The van der Waals surface area contributed by atoms with Gasteiger partial charge >= 0.3 is 0 Å². The van der Waals surface area contributed by atoms with Crippen molar-refractivity contribution >= 4 is 5.96 Å². The van der Waals surface area contributed by atoms with Crippen molar-refractivity contribution in [3.63, 3.8) is 0 Å². The lowest BCUT2D eigenvalue weighted by Crippen LogP contribution is -2.40. The van der Waals surface area contributed by atoms with Crippen LogP contribution in [-0.2, 0) is 6.54 Å². The van der Waals surface area contributed by atoms with Crippen molar-refractivity contribution in [3.8, 4) is 11.5 Å². The maximum absolute atomic E-state index is 5.72. The number of aromatic nitrogens is 2. The molecular formula is C20H31N5O2. The lowest BCUT2D eigenvalue weighted by molar-refractivity contribution is 0.287. The molecular weight excluding hydrogens is 342 g/mol. The van der Waals surface area contributed by atoms with Gasteiger partial charge in [-0.25, -0.2) is 0 Å². The maximum Gasteiger partial charge on any atom is 0.191 e. The van der Waals surface area contributed by atoms with E-state index >= 15 is 0 Å². The van der Waals surface area contributed by atoms with Crippen LogP contribution in [0.2, 0.25) is 0 Å². The number of ether oxygens (including phenoxy) is 2. The van der Waals surface area contributed by atoms with Crippen molar-refractivity contribution in [1.82, 2.24) is 20.4 Å². The SMILES string of the molecule is CCOc1ccc(C(C)NC(=NC)NCCn2cc(C)cn2)cc1OCC. The van der Waals surface area contributed by atoms with Crippen molar-refractivity contribution < 1.29 is 9.47 Å². The molecule has 148 valence electrons. The molecule has 0 aliphatic carbocycles. The monoisotopic (exact) mass is 373 g/mol. The van der Waals surface area contributed by atoms with E-state index in [1.165, 1.54) is 0 Å². The number of aryl methyl sites for hydroxylation is 1. The minimum Gasteiger partial charge on any atom is -0.490 e. The van der Waals surface area contributed by atoms with Crippen LogP contribution in [0.3, 0.4) is 0 Å². The third kappa shape index (κ3) is 6.20. The minimum absolute atomic E-state index is 0.0676. The molecule has 0 fully saturated rings. The smallest absolute Gasteiger partial charge is 0.191 e. The van der Waals surface area contributed by atoms with Crippen LogP contribution in [0.4, 0.5) is 0 Å². The quantitative estimate of drug-likeness (QED) is 0.522. The Morgan fingerprint density at radius 2 is 1.96 bits per heavy atom. The summed E-state index contributed by atoms with van der Waals surface area (Å²) in [4.78, 5) is 4.30. The summed E-state index contributed by atoms with van der Waals surface area (Å²) in [6.45, 7) is 10.8. The molecule has 2 rings (SSSR count). The van der Waals surface area contributed by atoms with Gasteiger partial charge in [-0.05, 0) is 51.0 Å². The van der Waals surface area contributed by atoms with Crippen LogP contribution >= 0.6 is 0 Å². The van der Waals surface area contributed by atoms with Gasteiger partial charge in [0, 0.05) is 19.8 Å². The fourth-order valence-electron chi connectivity index (χ4n) is 2.70. The van der Waals surface area contributed by atoms with Crippen molar-refractivity contribution in [2.24, 2.45) is 4.99 Å². The summed E-state index contributed by atoms with van der Waals surface area (Å²) in [5.41, 5.74) is 2.26. The average molecular weight is 374 g/mol. The van der Waals surface area contributed by atoms with Gasteiger partial charge in [-0.3, -0.25) is 9.67 Å². The summed E-state index contributed by atoms with van der Waals surface area (Å²) < 4.78 is 13.3. The van der Waals surface area contributed by atoms with Gasteiger partial charge in [0.2, 0.25) is 0 Å². The molecule has 1 aromatic heterocycles. The van der Waals surface area contributed by atoms with Crippen LogP contribution in [0.25, 0.3) is 0 Å². The summed E-state index contributed by atoms with van der Waals surface area (Å²) in [5, 5.41) is 11.0. The number of hydrogen-bond donors (Lipinski definition) is 2. The van der Waals surface area contributed by atoms with Gasteiger partial charge in [0.05, 0.1) is 32.0 Å². The van der Waals surface area contributed by atoms with Gasteiger partial charge in [-0.1, -0.05) is 6.07 Å². The standard InChI is InChI=1S/C20H31N5O2/c1-6-26-18-9-8-17(12-19(18)27-7-2)16(4)24-20(21-5)22-10-11-25-14-15(3)13-23-25/h8-9,12-14,16H,6-7,10-11H2,1-5H3,(H2,21,22,24). The fourth-order valence-corrected chi connectivity index (χ4v) is 2.70. The summed E-state index contributed by atoms with van der Waals surface area (Å²) in [6.07, 6.45) is 3.88. The molecule has 0 radical (unpaired) electrons. The second-order valence-corrected chi connectivity index (χ2v) is 6.22. The normalized spacial score (nSPS) is 12.6. The van der Waals surface area contributed by atoms with Crippen LogP contribution in [0.15, 0.2) is 35.6 Å². The number of guanidine groups is 1. The molecule has 0 saturated carbocycles.